The SMILES string of the molecule is CN(NC(=O)OCCOC(=O)NN(C)C(=O)O)C(=O)O. The molecule has 0 saturated carbocycles. The van der Waals surface area contributed by atoms with E-state index in [-0.39, 0.29) is 13.2 Å². The predicted octanol–water partition coefficient (Wildman–Crippen LogP) is -0.512. The van der Waals surface area contributed by atoms with Gasteiger partial charge in [-0.3, -0.25) is 0 Å². The summed E-state index contributed by atoms with van der Waals surface area (Å²) in [7, 11) is 2.16. The number of rotatable bonds is 3. The van der Waals surface area contributed by atoms with Crippen LogP contribution in [0.2, 0.25) is 0 Å². The number of carboxylic acid groups (broad SMARTS) is 2. The van der Waals surface area contributed by atoms with E-state index in [1.807, 2.05) is 10.9 Å². The van der Waals surface area contributed by atoms with E-state index >= 15 is 0 Å². The van der Waals surface area contributed by atoms with Crippen LogP contribution < -0.4 is 10.9 Å². The molecule has 12 nitrogen and oxygen atoms in total. The zero-order valence-electron chi connectivity index (χ0n) is 10.7. The predicted molar refractivity (Wildman–Crippen MR) is 60.5 cm³/mol. The highest BCUT2D eigenvalue weighted by Crippen LogP contribution is 1.86. The van der Waals surface area contributed by atoms with Crippen molar-refractivity contribution in [2.75, 3.05) is 27.3 Å². The molecule has 0 bridgehead atoms. The smallest absolute Gasteiger partial charge is 0.426 e. The number of hydrazine groups is 2. The summed E-state index contributed by atoms with van der Waals surface area (Å²) in [6.45, 7) is -0.688. The summed E-state index contributed by atoms with van der Waals surface area (Å²) in [6.07, 6.45) is -4.90. The van der Waals surface area contributed by atoms with Crippen molar-refractivity contribution in [1.29, 1.82) is 0 Å². The van der Waals surface area contributed by atoms with Crippen LogP contribution in [0.1, 0.15) is 0 Å². The molecule has 0 saturated heterocycles. The number of nitrogens with zero attached hydrogens (tertiary/aromatic N) is 2. The Bertz CT molecular complexity index is 351. The van der Waals surface area contributed by atoms with E-state index in [2.05, 4.69) is 9.47 Å². The number of hydrogen-bond acceptors (Lipinski definition) is 6. The molecule has 114 valence electrons. The minimum Gasteiger partial charge on any atom is -0.464 e. The molecule has 0 aliphatic heterocycles. The highest BCUT2D eigenvalue weighted by molar-refractivity contribution is 5.73. The van der Waals surface area contributed by atoms with Gasteiger partial charge in [0.2, 0.25) is 0 Å². The van der Waals surface area contributed by atoms with Crippen molar-refractivity contribution in [3.63, 3.8) is 0 Å². The quantitative estimate of drug-likeness (QED) is 0.400. The van der Waals surface area contributed by atoms with Crippen LogP contribution >= 0.6 is 0 Å². The lowest BCUT2D eigenvalue weighted by Gasteiger charge is -2.15. The molecule has 4 amide bonds. The molecular formula is C8H14N4O8. The summed E-state index contributed by atoms with van der Waals surface area (Å²) in [5, 5.41) is 17.8. The zero-order valence-corrected chi connectivity index (χ0v) is 10.7. The second kappa shape index (κ2) is 8.23. The van der Waals surface area contributed by atoms with Gasteiger partial charge in [-0.2, -0.15) is 0 Å². The van der Waals surface area contributed by atoms with Crippen molar-refractivity contribution in [3.05, 3.63) is 0 Å². The molecular weight excluding hydrogens is 280 g/mol. The molecule has 0 aliphatic carbocycles. The molecule has 0 aromatic rings. The van der Waals surface area contributed by atoms with Gasteiger partial charge in [-0.05, 0) is 0 Å². The molecule has 0 aromatic carbocycles. The number of carbonyl (C=O) groups excluding carboxylic acids is 2. The third-order valence-corrected chi connectivity index (χ3v) is 1.64. The van der Waals surface area contributed by atoms with E-state index in [0.29, 0.717) is 10.0 Å². The maximum atomic E-state index is 11.0. The first-order chi connectivity index (χ1) is 9.23. The van der Waals surface area contributed by atoms with E-state index in [9.17, 15) is 19.2 Å². The molecule has 0 atom stereocenters. The first-order valence-corrected chi connectivity index (χ1v) is 5.04. The number of carbonyl (C=O) groups is 4. The van der Waals surface area contributed by atoms with Crippen LogP contribution in [0.3, 0.4) is 0 Å². The second-order valence-corrected chi connectivity index (χ2v) is 3.18. The van der Waals surface area contributed by atoms with Gasteiger partial charge in [0.1, 0.15) is 13.2 Å². The van der Waals surface area contributed by atoms with Gasteiger partial charge in [0.25, 0.3) is 0 Å². The van der Waals surface area contributed by atoms with Crippen molar-refractivity contribution in [2.24, 2.45) is 0 Å². The summed E-state index contributed by atoms with van der Waals surface area (Å²) < 4.78 is 8.95. The van der Waals surface area contributed by atoms with Crippen LogP contribution in [-0.4, -0.2) is 71.9 Å². The van der Waals surface area contributed by atoms with Crippen LogP contribution in [0.5, 0.6) is 0 Å². The van der Waals surface area contributed by atoms with Crippen LogP contribution in [-0.2, 0) is 9.47 Å². The highest BCUT2D eigenvalue weighted by Gasteiger charge is 2.12. The van der Waals surface area contributed by atoms with Gasteiger partial charge in [0.15, 0.2) is 0 Å². The molecule has 0 fully saturated rings. The van der Waals surface area contributed by atoms with Crippen molar-refractivity contribution < 1.29 is 38.9 Å². The van der Waals surface area contributed by atoms with E-state index in [1.54, 1.807) is 0 Å². The van der Waals surface area contributed by atoms with Gasteiger partial charge in [-0.25, -0.2) is 40.0 Å². The third-order valence-electron chi connectivity index (χ3n) is 1.64. The van der Waals surface area contributed by atoms with Crippen molar-refractivity contribution in [3.8, 4) is 0 Å². The first-order valence-electron chi connectivity index (χ1n) is 5.04. The number of amides is 4. The van der Waals surface area contributed by atoms with E-state index in [0.717, 1.165) is 14.1 Å². The zero-order chi connectivity index (χ0) is 15.7. The van der Waals surface area contributed by atoms with E-state index < -0.39 is 24.4 Å². The Balaban J connectivity index is 3.76. The second-order valence-electron chi connectivity index (χ2n) is 3.18. The Hall–Kier alpha value is -2.92. The van der Waals surface area contributed by atoms with E-state index in [1.165, 1.54) is 0 Å². The average molecular weight is 294 g/mol. The minimum atomic E-state index is -1.39. The topological polar surface area (TPSA) is 158 Å². The molecule has 0 unspecified atom stereocenters. The van der Waals surface area contributed by atoms with Gasteiger partial charge in [-0.15, -0.1) is 0 Å². The Kier molecular flexibility index (Phi) is 7.03. The normalized spacial score (nSPS) is 9.10. The molecule has 0 radical (unpaired) electrons. The lowest BCUT2D eigenvalue weighted by molar-refractivity contribution is 0.0701. The van der Waals surface area contributed by atoms with Crippen molar-refractivity contribution in [2.45, 2.75) is 0 Å². The standard InChI is InChI=1S/C8H14N4O8/c1-11(7(15)16)9-5(13)19-3-4-20-6(14)10-12(2)8(17)18/h3-4H2,1-2H3,(H,9,13)(H,10,14)(H,15,16)(H,17,18). The maximum Gasteiger partial charge on any atom is 0.426 e. The fraction of sp³-hybridized carbons (Fsp3) is 0.500. The maximum absolute atomic E-state index is 11.0. The van der Waals surface area contributed by atoms with Crippen molar-refractivity contribution >= 4 is 24.4 Å². The van der Waals surface area contributed by atoms with Crippen LogP contribution in [0.25, 0.3) is 0 Å². The van der Waals surface area contributed by atoms with Crippen molar-refractivity contribution in [1.82, 2.24) is 20.9 Å². The summed E-state index contributed by atoms with van der Waals surface area (Å²) in [5.41, 5.74) is 3.69. The van der Waals surface area contributed by atoms with Gasteiger partial charge in [0.05, 0.1) is 0 Å². The first kappa shape index (κ1) is 17.1. The lowest BCUT2D eigenvalue weighted by atomic mass is 10.8. The van der Waals surface area contributed by atoms with Gasteiger partial charge in [0, 0.05) is 14.1 Å². The summed E-state index contributed by atoms with van der Waals surface area (Å²) >= 11 is 0. The summed E-state index contributed by atoms with van der Waals surface area (Å²) in [5.74, 6) is 0. The van der Waals surface area contributed by atoms with Crippen LogP contribution in [0, 0.1) is 0 Å². The Morgan fingerprint density at radius 2 is 1.15 bits per heavy atom. The van der Waals surface area contributed by atoms with Gasteiger partial charge >= 0.3 is 24.4 Å². The van der Waals surface area contributed by atoms with Gasteiger partial charge in [-0.1, -0.05) is 0 Å². The molecule has 0 heterocycles. The van der Waals surface area contributed by atoms with Gasteiger partial charge < -0.3 is 19.7 Å². The molecule has 0 spiro atoms. The Morgan fingerprint density at radius 3 is 1.40 bits per heavy atom. The number of hydrogen-bond donors (Lipinski definition) is 4. The molecule has 4 N–H and O–H groups in total. The number of ether oxygens (including phenoxy) is 2. The molecule has 0 aliphatic rings. The Morgan fingerprint density at radius 1 is 0.850 bits per heavy atom. The summed E-state index contributed by atoms with van der Waals surface area (Å²) in [4.78, 5) is 42.7. The monoisotopic (exact) mass is 294 g/mol. The molecule has 12 heteroatoms. The lowest BCUT2D eigenvalue weighted by Crippen LogP contribution is -2.44. The molecule has 0 aromatic heterocycles. The molecule has 20 heavy (non-hydrogen) atoms. The summed E-state index contributed by atoms with van der Waals surface area (Å²) in [6, 6.07) is 0. The average Bonchev–Trinajstić information content (AvgIpc) is 2.34. The number of nitrogens with one attached hydrogen (secondary N) is 2. The third kappa shape index (κ3) is 7.41. The van der Waals surface area contributed by atoms with E-state index in [4.69, 9.17) is 10.2 Å². The molecule has 0 rings (SSSR count). The largest absolute Gasteiger partial charge is 0.464 e. The Labute approximate surface area is 112 Å². The fourth-order valence-corrected chi connectivity index (χ4v) is 0.703. The minimum absolute atomic E-state index is 0.344. The van der Waals surface area contributed by atoms with Crippen LogP contribution in [0.4, 0.5) is 19.2 Å². The fourth-order valence-electron chi connectivity index (χ4n) is 0.703. The van der Waals surface area contributed by atoms with Crippen LogP contribution in [0.15, 0.2) is 0 Å². The highest BCUT2D eigenvalue weighted by atomic mass is 16.6.